The van der Waals surface area contributed by atoms with Crippen molar-refractivity contribution < 1.29 is 14.0 Å². The van der Waals surface area contributed by atoms with Crippen molar-refractivity contribution in [1.82, 2.24) is 14.8 Å². The molecular formula is C19H23N3O3. The molecule has 1 fully saturated rings. The fourth-order valence-electron chi connectivity index (χ4n) is 3.09. The maximum Gasteiger partial charge on any atom is 0.275 e. The summed E-state index contributed by atoms with van der Waals surface area (Å²) in [6, 6.07) is 9.33. The molecule has 2 aromatic rings. The predicted octanol–water partition coefficient (Wildman–Crippen LogP) is 2.70. The first-order valence-corrected chi connectivity index (χ1v) is 8.50. The van der Waals surface area contributed by atoms with E-state index in [2.05, 4.69) is 4.98 Å². The van der Waals surface area contributed by atoms with Gasteiger partial charge < -0.3 is 14.2 Å². The van der Waals surface area contributed by atoms with Crippen molar-refractivity contribution in [2.75, 3.05) is 27.2 Å². The fourth-order valence-corrected chi connectivity index (χ4v) is 3.09. The molecule has 0 saturated carbocycles. The summed E-state index contributed by atoms with van der Waals surface area (Å²) in [7, 11) is 3.40. The third-order valence-corrected chi connectivity index (χ3v) is 4.57. The van der Waals surface area contributed by atoms with Crippen LogP contribution in [0.1, 0.15) is 51.3 Å². The van der Waals surface area contributed by atoms with Crippen LogP contribution in [-0.4, -0.2) is 53.8 Å². The SMILES string of the molecule is Cc1oc(C2CCN(C(=O)c3ccccc3)CC2)nc1C(=O)N(C)C. The molecule has 1 aromatic heterocycles. The van der Waals surface area contributed by atoms with E-state index >= 15 is 0 Å². The van der Waals surface area contributed by atoms with Crippen LogP contribution in [0.25, 0.3) is 0 Å². The monoisotopic (exact) mass is 341 g/mol. The normalized spacial score (nSPS) is 15.2. The van der Waals surface area contributed by atoms with Gasteiger partial charge in [-0.3, -0.25) is 9.59 Å². The molecule has 2 heterocycles. The van der Waals surface area contributed by atoms with Crippen LogP contribution < -0.4 is 0 Å². The van der Waals surface area contributed by atoms with Gasteiger partial charge in [0.15, 0.2) is 11.6 Å². The minimum Gasteiger partial charge on any atom is -0.445 e. The van der Waals surface area contributed by atoms with Gasteiger partial charge in [0.2, 0.25) is 0 Å². The zero-order valence-electron chi connectivity index (χ0n) is 14.9. The molecule has 0 atom stereocenters. The molecule has 1 aromatic carbocycles. The molecule has 132 valence electrons. The van der Waals surface area contributed by atoms with Gasteiger partial charge in [0.25, 0.3) is 11.8 Å². The van der Waals surface area contributed by atoms with Crippen molar-refractivity contribution in [3.63, 3.8) is 0 Å². The average Bonchev–Trinajstić information content (AvgIpc) is 3.03. The van der Waals surface area contributed by atoms with Gasteiger partial charge in [0.1, 0.15) is 5.76 Å². The van der Waals surface area contributed by atoms with Crippen LogP contribution in [0.3, 0.4) is 0 Å². The molecule has 6 nitrogen and oxygen atoms in total. The van der Waals surface area contributed by atoms with E-state index in [0.29, 0.717) is 36.0 Å². The number of likely N-dealkylation sites (tertiary alicyclic amines) is 1. The number of amides is 2. The Morgan fingerprint density at radius 1 is 1.16 bits per heavy atom. The van der Waals surface area contributed by atoms with Gasteiger partial charge in [0, 0.05) is 38.7 Å². The maximum atomic E-state index is 12.5. The second-order valence-corrected chi connectivity index (χ2v) is 6.59. The Kier molecular flexibility index (Phi) is 4.88. The van der Waals surface area contributed by atoms with Crippen LogP contribution in [0, 0.1) is 6.92 Å². The maximum absolute atomic E-state index is 12.5. The Morgan fingerprint density at radius 3 is 2.40 bits per heavy atom. The van der Waals surface area contributed by atoms with Gasteiger partial charge in [-0.05, 0) is 31.9 Å². The summed E-state index contributed by atoms with van der Waals surface area (Å²) >= 11 is 0. The highest BCUT2D eigenvalue weighted by Crippen LogP contribution is 2.29. The van der Waals surface area contributed by atoms with Crippen LogP contribution in [0.4, 0.5) is 0 Å². The number of benzene rings is 1. The van der Waals surface area contributed by atoms with E-state index in [4.69, 9.17) is 4.42 Å². The summed E-state index contributed by atoms with van der Waals surface area (Å²) in [4.78, 5) is 32.4. The zero-order valence-corrected chi connectivity index (χ0v) is 14.9. The van der Waals surface area contributed by atoms with Crippen LogP contribution in [0.2, 0.25) is 0 Å². The van der Waals surface area contributed by atoms with Crippen LogP contribution in [0.5, 0.6) is 0 Å². The lowest BCUT2D eigenvalue weighted by Crippen LogP contribution is -2.38. The summed E-state index contributed by atoms with van der Waals surface area (Å²) in [6.07, 6.45) is 1.57. The minimum absolute atomic E-state index is 0.0612. The van der Waals surface area contributed by atoms with Crippen molar-refractivity contribution in [3.05, 3.63) is 53.2 Å². The highest BCUT2D eigenvalue weighted by Gasteiger charge is 2.29. The number of hydrogen-bond acceptors (Lipinski definition) is 4. The smallest absolute Gasteiger partial charge is 0.275 e. The molecule has 1 aliphatic rings. The van der Waals surface area contributed by atoms with Gasteiger partial charge in [-0.15, -0.1) is 0 Å². The number of aryl methyl sites for hydroxylation is 1. The molecule has 2 amide bonds. The largest absolute Gasteiger partial charge is 0.445 e. The lowest BCUT2D eigenvalue weighted by atomic mass is 9.96. The molecule has 6 heteroatoms. The first-order chi connectivity index (χ1) is 12.0. The van der Waals surface area contributed by atoms with Crippen molar-refractivity contribution in [2.45, 2.75) is 25.7 Å². The van der Waals surface area contributed by atoms with Gasteiger partial charge in [-0.2, -0.15) is 0 Å². The van der Waals surface area contributed by atoms with Crippen LogP contribution in [0.15, 0.2) is 34.7 Å². The number of carbonyl (C=O) groups is 2. The number of nitrogens with zero attached hydrogens (tertiary/aromatic N) is 3. The van der Waals surface area contributed by atoms with E-state index in [0.717, 1.165) is 12.8 Å². The van der Waals surface area contributed by atoms with Gasteiger partial charge in [-0.25, -0.2) is 4.98 Å². The number of hydrogen-bond donors (Lipinski definition) is 0. The summed E-state index contributed by atoms with van der Waals surface area (Å²) in [5.74, 6) is 1.21. The van der Waals surface area contributed by atoms with E-state index in [-0.39, 0.29) is 17.7 Å². The van der Waals surface area contributed by atoms with E-state index in [9.17, 15) is 9.59 Å². The molecule has 1 saturated heterocycles. The number of rotatable bonds is 3. The lowest BCUT2D eigenvalue weighted by Gasteiger charge is -2.30. The van der Waals surface area contributed by atoms with E-state index in [1.54, 1.807) is 21.0 Å². The summed E-state index contributed by atoms with van der Waals surface area (Å²) < 4.78 is 5.74. The first-order valence-electron chi connectivity index (χ1n) is 8.50. The molecule has 0 radical (unpaired) electrons. The molecule has 25 heavy (non-hydrogen) atoms. The number of carbonyl (C=O) groups excluding carboxylic acids is 2. The van der Waals surface area contributed by atoms with Crippen molar-refractivity contribution in [2.24, 2.45) is 0 Å². The van der Waals surface area contributed by atoms with Crippen molar-refractivity contribution >= 4 is 11.8 Å². The number of oxazole rings is 1. The molecule has 3 rings (SSSR count). The molecule has 0 spiro atoms. The Bertz CT molecular complexity index is 759. The second-order valence-electron chi connectivity index (χ2n) is 6.59. The fraction of sp³-hybridized carbons (Fsp3) is 0.421. The highest BCUT2D eigenvalue weighted by atomic mass is 16.4. The molecule has 0 aliphatic carbocycles. The van der Waals surface area contributed by atoms with E-state index in [1.165, 1.54) is 4.90 Å². The Hall–Kier alpha value is -2.63. The summed E-state index contributed by atoms with van der Waals surface area (Å²) in [6.45, 7) is 3.09. The average molecular weight is 341 g/mol. The van der Waals surface area contributed by atoms with Crippen molar-refractivity contribution in [1.29, 1.82) is 0 Å². The molecular weight excluding hydrogens is 318 g/mol. The second kappa shape index (κ2) is 7.09. The Morgan fingerprint density at radius 2 is 1.80 bits per heavy atom. The quantitative estimate of drug-likeness (QED) is 0.861. The standard InChI is InChI=1S/C19H23N3O3/c1-13-16(19(24)21(2)3)20-17(25-13)14-9-11-22(12-10-14)18(23)15-7-5-4-6-8-15/h4-8,14H,9-12H2,1-3H3. The van der Waals surface area contributed by atoms with Crippen LogP contribution in [-0.2, 0) is 0 Å². The minimum atomic E-state index is -0.149. The number of aromatic nitrogens is 1. The molecule has 0 bridgehead atoms. The molecule has 1 aliphatic heterocycles. The molecule has 0 N–H and O–H groups in total. The van der Waals surface area contributed by atoms with Gasteiger partial charge in [0.05, 0.1) is 0 Å². The topological polar surface area (TPSA) is 66.7 Å². The van der Waals surface area contributed by atoms with E-state index < -0.39 is 0 Å². The number of piperidine rings is 1. The van der Waals surface area contributed by atoms with Crippen LogP contribution >= 0.6 is 0 Å². The van der Waals surface area contributed by atoms with Gasteiger partial charge in [-0.1, -0.05) is 18.2 Å². The van der Waals surface area contributed by atoms with E-state index in [1.807, 2.05) is 35.2 Å². The first kappa shape index (κ1) is 17.2. The Labute approximate surface area is 147 Å². The highest BCUT2D eigenvalue weighted by molar-refractivity contribution is 5.94. The molecule has 0 unspecified atom stereocenters. The third-order valence-electron chi connectivity index (χ3n) is 4.57. The van der Waals surface area contributed by atoms with Crippen molar-refractivity contribution in [3.8, 4) is 0 Å². The predicted molar refractivity (Wildman–Crippen MR) is 93.6 cm³/mol. The third kappa shape index (κ3) is 3.57. The zero-order chi connectivity index (χ0) is 18.0. The van der Waals surface area contributed by atoms with Gasteiger partial charge >= 0.3 is 0 Å². The summed E-state index contributed by atoms with van der Waals surface area (Å²) in [5.41, 5.74) is 1.09. The Balaban J connectivity index is 1.66. The lowest BCUT2D eigenvalue weighted by molar-refractivity contribution is 0.0706. The summed E-state index contributed by atoms with van der Waals surface area (Å²) in [5, 5.41) is 0.